The second kappa shape index (κ2) is 28.4. The standard InChI is InChI=1S/C84H108O6/c1-25-31-85-73-55-37-57-45-68(80(10,11)12)47-59(74(57)86-32-26-2)39-61-49-70(82(16,17)18)51-63(76(61)88-34-28-4)41-65-53-72(84(22,23)24)54-66(78(65)90-36-30-6)42-64-52-71(83(19,20)21)50-62(77(64)89-35-29-5)40-60-48-69(81(13,14)15)46-58(75(60)87-33-27-3)38-56(73)44-67(43-55)79(7,8)9/h25-30,43-54H,1-6,31-42H2,7-24H3. The van der Waals surface area contributed by atoms with E-state index >= 15 is 0 Å². The molecule has 1 aliphatic carbocycles. The topological polar surface area (TPSA) is 55.4 Å². The zero-order valence-corrected chi connectivity index (χ0v) is 58.6. The van der Waals surface area contributed by atoms with Gasteiger partial charge in [-0.1, -0.05) is 273 Å². The van der Waals surface area contributed by atoms with Crippen LogP contribution in [0.3, 0.4) is 0 Å². The lowest BCUT2D eigenvalue weighted by Gasteiger charge is -2.29. The van der Waals surface area contributed by atoms with E-state index in [9.17, 15) is 0 Å². The molecule has 0 spiro atoms. The predicted octanol–water partition coefficient (Wildman–Crippen LogP) is 20.7. The lowest BCUT2D eigenvalue weighted by Crippen LogP contribution is -2.17. The molecule has 0 amide bonds. The van der Waals surface area contributed by atoms with Gasteiger partial charge >= 0.3 is 0 Å². The Morgan fingerprint density at radius 3 is 0.400 bits per heavy atom. The maximum Gasteiger partial charge on any atom is 0.126 e. The summed E-state index contributed by atoms with van der Waals surface area (Å²) in [4.78, 5) is 0. The van der Waals surface area contributed by atoms with Crippen LogP contribution in [-0.2, 0) is 71.0 Å². The van der Waals surface area contributed by atoms with Crippen molar-refractivity contribution in [1.82, 2.24) is 0 Å². The predicted molar refractivity (Wildman–Crippen MR) is 382 cm³/mol. The van der Waals surface area contributed by atoms with Gasteiger partial charge in [-0.25, -0.2) is 0 Å². The van der Waals surface area contributed by atoms with Crippen LogP contribution in [0.15, 0.2) is 149 Å². The molecule has 7 rings (SSSR count). The van der Waals surface area contributed by atoms with E-state index in [4.69, 9.17) is 28.4 Å². The van der Waals surface area contributed by atoms with Gasteiger partial charge < -0.3 is 28.4 Å². The van der Waals surface area contributed by atoms with E-state index in [2.05, 4.69) is 237 Å². The van der Waals surface area contributed by atoms with Crippen molar-refractivity contribution >= 4 is 0 Å². The minimum absolute atomic E-state index is 0.229. The largest absolute Gasteiger partial charge is 0.489 e. The van der Waals surface area contributed by atoms with Crippen molar-refractivity contribution in [2.45, 2.75) is 196 Å². The van der Waals surface area contributed by atoms with Gasteiger partial charge in [-0.3, -0.25) is 0 Å². The highest BCUT2D eigenvalue weighted by Crippen LogP contribution is 2.46. The summed E-state index contributed by atoms with van der Waals surface area (Å²) in [5, 5.41) is 0. The SMILES string of the molecule is C=CCOc1c2cc(C(C)(C)C)cc1Cc1cc(C(C)(C)C)cc(c1OCC=C)Cc1cc(C(C)(C)C)cc(c1OCC=C)Cc1cc(C(C)(C)C)cc(c1OCC=C)Cc1cc(C(C)(C)C)cc(c1OCC=C)Cc1cc(C(C)(C)C)cc(c1OCC=C)C2. The fourth-order valence-electron chi connectivity index (χ4n) is 11.9. The van der Waals surface area contributed by atoms with Crippen molar-refractivity contribution in [2.24, 2.45) is 0 Å². The van der Waals surface area contributed by atoms with Gasteiger partial charge in [0.2, 0.25) is 0 Å². The highest BCUT2D eigenvalue weighted by Gasteiger charge is 2.31. The van der Waals surface area contributed by atoms with Crippen molar-refractivity contribution in [2.75, 3.05) is 39.6 Å². The zero-order valence-electron chi connectivity index (χ0n) is 58.6. The molecule has 480 valence electrons. The van der Waals surface area contributed by atoms with Crippen LogP contribution in [0.2, 0.25) is 0 Å². The highest BCUT2D eigenvalue weighted by atomic mass is 16.5. The van der Waals surface area contributed by atoms with Gasteiger partial charge in [0.15, 0.2) is 0 Å². The Labute approximate surface area is 544 Å². The van der Waals surface area contributed by atoms with E-state index in [1.54, 1.807) is 0 Å². The first-order valence-corrected chi connectivity index (χ1v) is 32.5. The quantitative estimate of drug-likeness (QED) is 0.0798. The number of hydrogen-bond donors (Lipinski definition) is 0. The van der Waals surface area contributed by atoms with Crippen LogP contribution < -0.4 is 28.4 Å². The second-order valence-electron chi connectivity index (χ2n) is 30.9. The Kier molecular flexibility index (Phi) is 22.1. The molecule has 6 heteroatoms. The summed E-state index contributed by atoms with van der Waals surface area (Å²) >= 11 is 0. The number of ether oxygens (including phenoxy) is 6. The molecule has 0 aliphatic heterocycles. The Balaban J connectivity index is 1.75. The first-order valence-electron chi connectivity index (χ1n) is 32.5. The third kappa shape index (κ3) is 17.1. The van der Waals surface area contributed by atoms with E-state index < -0.39 is 0 Å². The van der Waals surface area contributed by atoms with Crippen LogP contribution in [0.5, 0.6) is 34.5 Å². The maximum absolute atomic E-state index is 7.06. The molecule has 6 aromatic carbocycles. The second-order valence-corrected chi connectivity index (χ2v) is 30.9. The molecule has 0 saturated heterocycles. The van der Waals surface area contributed by atoms with Crippen LogP contribution in [0.4, 0.5) is 0 Å². The molecule has 12 bridgehead atoms. The number of rotatable bonds is 18. The molecular formula is C84H108O6. The van der Waals surface area contributed by atoms with Crippen molar-refractivity contribution < 1.29 is 28.4 Å². The average Bonchev–Trinajstić information content (AvgIpc) is 0.794. The first-order chi connectivity index (χ1) is 42.1. The Morgan fingerprint density at radius 2 is 0.322 bits per heavy atom. The monoisotopic (exact) mass is 1210 g/mol. The minimum atomic E-state index is -0.229. The average molecular weight is 1210 g/mol. The summed E-state index contributed by atoms with van der Waals surface area (Å²) < 4.78 is 42.4. The Hall–Kier alpha value is -7.44. The molecule has 0 saturated carbocycles. The van der Waals surface area contributed by atoms with Crippen LogP contribution in [0, 0.1) is 0 Å². The molecule has 0 aromatic heterocycles. The normalized spacial score (nSPS) is 13.3. The number of fused-ring (bicyclic) bond motifs is 12. The Morgan fingerprint density at radius 1 is 0.222 bits per heavy atom. The third-order valence-electron chi connectivity index (χ3n) is 17.0. The summed E-state index contributed by atoms with van der Waals surface area (Å²) in [6, 6.07) is 28.3. The van der Waals surface area contributed by atoms with E-state index in [1.165, 1.54) is 33.4 Å². The molecule has 0 heterocycles. The van der Waals surface area contributed by atoms with Gasteiger partial charge in [-0.05, 0) is 133 Å². The summed E-state index contributed by atoms with van der Waals surface area (Å²) in [5.74, 6) is 4.95. The lowest BCUT2D eigenvalue weighted by atomic mass is 9.79. The molecule has 0 unspecified atom stereocenters. The molecule has 0 atom stereocenters. The summed E-state index contributed by atoms with van der Waals surface area (Å²) in [7, 11) is 0. The van der Waals surface area contributed by atoms with E-state index in [-0.39, 0.29) is 32.5 Å². The molecule has 90 heavy (non-hydrogen) atoms. The maximum atomic E-state index is 7.06. The van der Waals surface area contributed by atoms with Gasteiger partial charge in [0.25, 0.3) is 0 Å². The van der Waals surface area contributed by atoms with Gasteiger partial charge in [-0.15, -0.1) is 0 Å². The van der Waals surface area contributed by atoms with Crippen molar-refractivity contribution in [3.8, 4) is 34.5 Å². The molecule has 0 N–H and O–H groups in total. The highest BCUT2D eigenvalue weighted by molar-refractivity contribution is 5.62. The van der Waals surface area contributed by atoms with Crippen LogP contribution in [0.25, 0.3) is 0 Å². The third-order valence-corrected chi connectivity index (χ3v) is 17.0. The van der Waals surface area contributed by atoms with Crippen LogP contribution >= 0.6 is 0 Å². The minimum Gasteiger partial charge on any atom is -0.489 e. The van der Waals surface area contributed by atoms with E-state index in [1.807, 2.05) is 36.5 Å². The van der Waals surface area contributed by atoms with Gasteiger partial charge in [0.05, 0.1) is 0 Å². The molecule has 6 nitrogen and oxygen atoms in total. The summed E-state index contributed by atoms with van der Waals surface area (Å²) in [6.45, 7) is 68.2. The fraction of sp³-hybridized carbons (Fsp3) is 0.429. The number of hydrogen-bond acceptors (Lipinski definition) is 6. The van der Waals surface area contributed by atoms with Crippen LogP contribution in [-0.4, -0.2) is 39.6 Å². The van der Waals surface area contributed by atoms with Gasteiger partial charge in [0, 0.05) is 38.5 Å². The zero-order chi connectivity index (χ0) is 66.3. The molecule has 6 aromatic rings. The summed E-state index contributed by atoms with van der Waals surface area (Å²) in [5.41, 5.74) is 18.5. The van der Waals surface area contributed by atoms with E-state index in [0.29, 0.717) is 78.2 Å². The Bertz CT molecular complexity index is 2860. The van der Waals surface area contributed by atoms with Gasteiger partial charge in [0.1, 0.15) is 74.1 Å². The van der Waals surface area contributed by atoms with Crippen molar-refractivity contribution in [1.29, 1.82) is 0 Å². The van der Waals surface area contributed by atoms with Crippen LogP contribution in [0.1, 0.15) is 225 Å². The first kappa shape index (κ1) is 70.0. The van der Waals surface area contributed by atoms with Crippen molar-refractivity contribution in [3.63, 3.8) is 0 Å². The molecular weight excluding hydrogens is 1100 g/mol. The lowest BCUT2D eigenvalue weighted by molar-refractivity contribution is 0.347. The summed E-state index contributed by atoms with van der Waals surface area (Å²) in [6.07, 6.45) is 14.2. The smallest absolute Gasteiger partial charge is 0.126 e. The molecule has 0 fully saturated rings. The fourth-order valence-corrected chi connectivity index (χ4v) is 11.9. The van der Waals surface area contributed by atoms with E-state index in [0.717, 1.165) is 101 Å². The number of benzene rings is 6. The van der Waals surface area contributed by atoms with Crippen molar-refractivity contribution in [3.05, 3.63) is 249 Å². The molecule has 1 aliphatic rings. The molecule has 0 radical (unpaired) electrons. The van der Waals surface area contributed by atoms with Gasteiger partial charge in [-0.2, -0.15) is 0 Å².